The molecule has 0 heterocycles. The van der Waals surface area contributed by atoms with E-state index in [-0.39, 0.29) is 5.91 Å². The summed E-state index contributed by atoms with van der Waals surface area (Å²) in [5, 5.41) is 6.09. The Labute approximate surface area is 165 Å². The number of halogens is 1. The van der Waals surface area contributed by atoms with Crippen molar-refractivity contribution < 1.29 is 14.3 Å². The zero-order valence-electron chi connectivity index (χ0n) is 14.3. The standard InChI is InChI=1S/C20H17IN2O3/c1-25-18-10-8-14(15-5-3-4-6-16(15)18)12-22-23-20(24)13-7-9-17(21)19(11-13)26-2/h3-12H,1-2H3,(H,23,24)/b22-12-. The number of hydrogen-bond donors (Lipinski definition) is 1. The third-order valence-corrected chi connectivity index (χ3v) is 4.81. The molecule has 0 aliphatic heterocycles. The first-order valence-electron chi connectivity index (χ1n) is 7.86. The van der Waals surface area contributed by atoms with Crippen molar-refractivity contribution in [2.24, 2.45) is 5.10 Å². The van der Waals surface area contributed by atoms with Crippen LogP contribution in [-0.2, 0) is 0 Å². The van der Waals surface area contributed by atoms with Crippen LogP contribution < -0.4 is 14.9 Å². The molecule has 0 bridgehead atoms. The summed E-state index contributed by atoms with van der Waals surface area (Å²) in [6, 6.07) is 16.9. The van der Waals surface area contributed by atoms with Crippen molar-refractivity contribution in [3.05, 3.63) is 69.3 Å². The van der Waals surface area contributed by atoms with Crippen LogP contribution >= 0.6 is 22.6 Å². The van der Waals surface area contributed by atoms with E-state index in [0.717, 1.165) is 25.7 Å². The topological polar surface area (TPSA) is 59.9 Å². The van der Waals surface area contributed by atoms with E-state index in [1.165, 1.54) is 0 Å². The van der Waals surface area contributed by atoms with E-state index in [1.807, 2.05) is 42.5 Å². The lowest BCUT2D eigenvalue weighted by atomic mass is 10.0. The van der Waals surface area contributed by atoms with Gasteiger partial charge in [0.1, 0.15) is 11.5 Å². The molecule has 0 aliphatic carbocycles. The van der Waals surface area contributed by atoms with Crippen LogP contribution in [0.4, 0.5) is 0 Å². The number of rotatable bonds is 5. The summed E-state index contributed by atoms with van der Waals surface area (Å²) in [6.07, 6.45) is 1.63. The molecule has 3 aromatic rings. The fourth-order valence-corrected chi connectivity index (χ4v) is 3.17. The first kappa shape index (κ1) is 18.2. The number of ether oxygens (including phenoxy) is 2. The van der Waals surface area contributed by atoms with E-state index < -0.39 is 0 Å². The fourth-order valence-electron chi connectivity index (χ4n) is 2.61. The maximum absolute atomic E-state index is 12.3. The van der Waals surface area contributed by atoms with Crippen LogP contribution in [0.15, 0.2) is 59.7 Å². The van der Waals surface area contributed by atoms with Crippen molar-refractivity contribution in [1.82, 2.24) is 5.43 Å². The van der Waals surface area contributed by atoms with Gasteiger partial charge in [0.05, 0.1) is 24.0 Å². The minimum Gasteiger partial charge on any atom is -0.496 e. The number of hydrazone groups is 1. The Balaban J connectivity index is 1.81. The predicted octanol–water partition coefficient (Wildman–Crippen LogP) is 4.23. The number of nitrogens with zero attached hydrogens (tertiary/aromatic N) is 1. The number of amides is 1. The summed E-state index contributed by atoms with van der Waals surface area (Å²) in [6.45, 7) is 0. The van der Waals surface area contributed by atoms with Crippen LogP contribution in [0.5, 0.6) is 11.5 Å². The average Bonchev–Trinajstić information content (AvgIpc) is 2.68. The molecular weight excluding hydrogens is 443 g/mol. The summed E-state index contributed by atoms with van der Waals surface area (Å²) in [7, 11) is 3.22. The molecule has 0 atom stereocenters. The number of carbonyl (C=O) groups is 1. The Bertz CT molecular complexity index is 986. The van der Waals surface area contributed by atoms with Crippen LogP contribution in [0.2, 0.25) is 0 Å². The Morgan fingerprint density at radius 1 is 1.00 bits per heavy atom. The average molecular weight is 460 g/mol. The number of carbonyl (C=O) groups excluding carboxylic acids is 1. The highest BCUT2D eigenvalue weighted by Crippen LogP contribution is 2.27. The number of nitrogens with one attached hydrogen (secondary N) is 1. The molecule has 5 nitrogen and oxygen atoms in total. The number of fused-ring (bicyclic) bond motifs is 1. The molecule has 1 amide bonds. The first-order chi connectivity index (χ1) is 12.6. The van der Waals surface area contributed by atoms with Crippen molar-refractivity contribution >= 4 is 45.5 Å². The Kier molecular flexibility index (Phi) is 5.72. The van der Waals surface area contributed by atoms with Crippen LogP contribution in [0.25, 0.3) is 10.8 Å². The molecule has 26 heavy (non-hydrogen) atoms. The minimum atomic E-state index is -0.297. The van der Waals surface area contributed by atoms with E-state index in [2.05, 4.69) is 33.1 Å². The zero-order valence-corrected chi connectivity index (χ0v) is 16.5. The smallest absolute Gasteiger partial charge is 0.271 e. The van der Waals surface area contributed by atoms with Gasteiger partial charge in [-0.2, -0.15) is 5.10 Å². The van der Waals surface area contributed by atoms with Crippen LogP contribution in [-0.4, -0.2) is 26.3 Å². The molecule has 0 fully saturated rings. The zero-order chi connectivity index (χ0) is 18.5. The van der Waals surface area contributed by atoms with Crippen LogP contribution in [0, 0.1) is 3.57 Å². The van der Waals surface area contributed by atoms with Gasteiger partial charge < -0.3 is 9.47 Å². The largest absolute Gasteiger partial charge is 0.496 e. The van der Waals surface area contributed by atoms with E-state index in [0.29, 0.717) is 11.3 Å². The normalized spacial score (nSPS) is 10.9. The quantitative estimate of drug-likeness (QED) is 0.353. The fraction of sp³-hybridized carbons (Fsp3) is 0.100. The summed E-state index contributed by atoms with van der Waals surface area (Å²) < 4.78 is 11.6. The molecular formula is C20H17IN2O3. The molecule has 0 aliphatic rings. The molecule has 0 spiro atoms. The lowest BCUT2D eigenvalue weighted by Crippen LogP contribution is -2.17. The van der Waals surface area contributed by atoms with Crippen molar-refractivity contribution in [2.75, 3.05) is 14.2 Å². The van der Waals surface area contributed by atoms with Crippen molar-refractivity contribution in [3.63, 3.8) is 0 Å². The molecule has 0 radical (unpaired) electrons. The third kappa shape index (κ3) is 3.80. The molecule has 0 saturated heterocycles. The number of hydrogen-bond acceptors (Lipinski definition) is 4. The second-order valence-corrected chi connectivity index (χ2v) is 6.61. The molecule has 132 valence electrons. The molecule has 0 saturated carbocycles. The first-order valence-corrected chi connectivity index (χ1v) is 8.94. The third-order valence-electron chi connectivity index (χ3n) is 3.92. The van der Waals surface area contributed by atoms with Gasteiger partial charge in [-0.15, -0.1) is 0 Å². The summed E-state index contributed by atoms with van der Waals surface area (Å²) >= 11 is 2.15. The number of methoxy groups -OCH3 is 2. The summed E-state index contributed by atoms with van der Waals surface area (Å²) in [4.78, 5) is 12.3. The molecule has 0 unspecified atom stereocenters. The lowest BCUT2D eigenvalue weighted by molar-refractivity contribution is 0.0954. The molecule has 6 heteroatoms. The maximum atomic E-state index is 12.3. The van der Waals surface area contributed by atoms with E-state index >= 15 is 0 Å². The van der Waals surface area contributed by atoms with Gasteiger partial charge in [-0.3, -0.25) is 4.79 Å². The summed E-state index contributed by atoms with van der Waals surface area (Å²) in [5.41, 5.74) is 3.93. The van der Waals surface area contributed by atoms with Gasteiger partial charge in [0.15, 0.2) is 0 Å². The van der Waals surface area contributed by atoms with E-state index in [1.54, 1.807) is 32.6 Å². The van der Waals surface area contributed by atoms with Crippen molar-refractivity contribution in [1.29, 1.82) is 0 Å². The van der Waals surface area contributed by atoms with E-state index in [9.17, 15) is 4.79 Å². The highest BCUT2D eigenvalue weighted by Gasteiger charge is 2.09. The van der Waals surface area contributed by atoms with Crippen molar-refractivity contribution in [3.8, 4) is 11.5 Å². The SMILES string of the molecule is COc1cc(C(=O)N/N=C\c2ccc(OC)c3ccccc23)ccc1I. The lowest BCUT2D eigenvalue weighted by Gasteiger charge is -2.08. The predicted molar refractivity (Wildman–Crippen MR) is 111 cm³/mol. The molecule has 1 N–H and O–H groups in total. The van der Waals surface area contributed by atoms with Gasteiger partial charge in [0.25, 0.3) is 5.91 Å². The monoisotopic (exact) mass is 460 g/mol. The minimum absolute atomic E-state index is 0.297. The second kappa shape index (κ2) is 8.18. The highest BCUT2D eigenvalue weighted by atomic mass is 127. The molecule has 0 aromatic heterocycles. The Morgan fingerprint density at radius 3 is 2.46 bits per heavy atom. The van der Waals surface area contributed by atoms with Crippen LogP contribution in [0.1, 0.15) is 15.9 Å². The van der Waals surface area contributed by atoms with Crippen LogP contribution in [0.3, 0.4) is 0 Å². The maximum Gasteiger partial charge on any atom is 0.271 e. The van der Waals surface area contributed by atoms with Gasteiger partial charge in [-0.25, -0.2) is 5.43 Å². The van der Waals surface area contributed by atoms with Gasteiger partial charge in [0, 0.05) is 16.5 Å². The van der Waals surface area contributed by atoms with Gasteiger partial charge in [-0.05, 0) is 58.3 Å². The van der Waals surface area contributed by atoms with Crippen molar-refractivity contribution in [2.45, 2.75) is 0 Å². The van der Waals surface area contributed by atoms with E-state index in [4.69, 9.17) is 9.47 Å². The van der Waals surface area contributed by atoms with Gasteiger partial charge >= 0.3 is 0 Å². The summed E-state index contributed by atoms with van der Waals surface area (Å²) in [5.74, 6) is 1.16. The second-order valence-electron chi connectivity index (χ2n) is 5.45. The number of benzene rings is 3. The molecule has 3 rings (SSSR count). The van der Waals surface area contributed by atoms with Gasteiger partial charge in [0.2, 0.25) is 0 Å². The molecule has 3 aromatic carbocycles. The Hall–Kier alpha value is -2.61. The highest BCUT2D eigenvalue weighted by molar-refractivity contribution is 14.1. The van der Waals surface area contributed by atoms with Gasteiger partial charge in [-0.1, -0.05) is 24.3 Å². The Morgan fingerprint density at radius 2 is 1.73 bits per heavy atom.